The van der Waals surface area contributed by atoms with Gasteiger partial charge in [-0.25, -0.2) is 8.42 Å². The number of nitrogens with one attached hydrogen (secondary N) is 1. The van der Waals surface area contributed by atoms with Crippen LogP contribution in [-0.2, 0) is 26.2 Å². The minimum atomic E-state index is -4.07. The first kappa shape index (κ1) is 28.2. The van der Waals surface area contributed by atoms with Gasteiger partial charge in [0.25, 0.3) is 10.0 Å². The summed E-state index contributed by atoms with van der Waals surface area (Å²) >= 11 is 6.16. The van der Waals surface area contributed by atoms with Crippen molar-refractivity contribution in [3.05, 3.63) is 95.5 Å². The topological polar surface area (TPSA) is 86.8 Å². The van der Waals surface area contributed by atoms with E-state index < -0.39 is 28.5 Å². The van der Waals surface area contributed by atoms with Crippen LogP contribution in [0.3, 0.4) is 0 Å². The van der Waals surface area contributed by atoms with Crippen LogP contribution in [0, 0.1) is 0 Å². The normalized spacial score (nSPS) is 12.9. The van der Waals surface area contributed by atoms with Crippen molar-refractivity contribution in [2.75, 3.05) is 10.8 Å². The number of halogens is 1. The van der Waals surface area contributed by atoms with Gasteiger partial charge in [-0.3, -0.25) is 13.9 Å². The highest BCUT2D eigenvalue weighted by atomic mass is 35.5. The van der Waals surface area contributed by atoms with E-state index >= 15 is 0 Å². The van der Waals surface area contributed by atoms with E-state index in [0.717, 1.165) is 16.3 Å². The molecule has 0 aliphatic heterocycles. The molecule has 0 spiro atoms. The van der Waals surface area contributed by atoms with Gasteiger partial charge in [0.1, 0.15) is 12.6 Å². The average Bonchev–Trinajstić information content (AvgIpc) is 2.90. The van der Waals surface area contributed by atoms with E-state index in [0.29, 0.717) is 10.7 Å². The van der Waals surface area contributed by atoms with E-state index in [4.69, 9.17) is 11.6 Å². The number of benzene rings is 3. The highest BCUT2D eigenvalue weighted by Crippen LogP contribution is 2.24. The standard InChI is InChI=1S/C28H32ClN3O4S/c1-4-21(2)30-28(34)22(3)31(19-23-12-11-13-24(29)18-23)27(33)20-32(25-14-7-5-8-15-25)37(35,36)26-16-9-6-10-17-26/h5-18,21-22H,4,19-20H2,1-3H3,(H,30,34). The molecule has 0 radical (unpaired) electrons. The molecule has 196 valence electrons. The summed E-state index contributed by atoms with van der Waals surface area (Å²) in [5, 5.41) is 3.41. The van der Waals surface area contributed by atoms with Crippen LogP contribution in [-0.4, -0.2) is 43.8 Å². The SMILES string of the molecule is CCC(C)NC(=O)C(C)N(Cc1cccc(Cl)c1)C(=O)CN(c1ccccc1)S(=O)(=O)c1ccccc1. The molecule has 0 fully saturated rings. The number of hydrogen-bond donors (Lipinski definition) is 1. The van der Waals surface area contributed by atoms with Crippen molar-refractivity contribution >= 4 is 39.1 Å². The summed E-state index contributed by atoms with van der Waals surface area (Å²) in [7, 11) is -4.07. The van der Waals surface area contributed by atoms with Gasteiger partial charge >= 0.3 is 0 Å². The maximum Gasteiger partial charge on any atom is 0.264 e. The van der Waals surface area contributed by atoms with Crippen LogP contribution < -0.4 is 9.62 Å². The highest BCUT2D eigenvalue weighted by molar-refractivity contribution is 7.92. The first-order valence-electron chi connectivity index (χ1n) is 12.1. The van der Waals surface area contributed by atoms with Crippen molar-refractivity contribution < 1.29 is 18.0 Å². The minimum Gasteiger partial charge on any atom is -0.352 e. The van der Waals surface area contributed by atoms with E-state index in [1.165, 1.54) is 17.0 Å². The van der Waals surface area contributed by atoms with E-state index in [9.17, 15) is 18.0 Å². The number of anilines is 1. The van der Waals surface area contributed by atoms with Gasteiger partial charge in [-0.05, 0) is 62.2 Å². The van der Waals surface area contributed by atoms with E-state index in [2.05, 4.69) is 5.32 Å². The van der Waals surface area contributed by atoms with E-state index in [-0.39, 0.29) is 23.4 Å². The predicted octanol–water partition coefficient (Wildman–Crippen LogP) is 4.87. The quantitative estimate of drug-likeness (QED) is 0.375. The molecule has 2 unspecified atom stereocenters. The predicted molar refractivity (Wildman–Crippen MR) is 147 cm³/mol. The Morgan fingerprint density at radius 3 is 2.14 bits per heavy atom. The molecule has 2 atom stereocenters. The zero-order valence-electron chi connectivity index (χ0n) is 21.2. The second-order valence-corrected chi connectivity index (χ2v) is 11.1. The third kappa shape index (κ3) is 7.33. The molecule has 37 heavy (non-hydrogen) atoms. The van der Waals surface area contributed by atoms with Gasteiger partial charge in [-0.15, -0.1) is 0 Å². The summed E-state index contributed by atoms with van der Waals surface area (Å²) in [5.41, 5.74) is 1.07. The summed E-state index contributed by atoms with van der Waals surface area (Å²) in [6.07, 6.45) is 0.734. The largest absolute Gasteiger partial charge is 0.352 e. The molecular weight excluding hydrogens is 510 g/mol. The van der Waals surface area contributed by atoms with Gasteiger partial charge in [-0.2, -0.15) is 0 Å². The average molecular weight is 542 g/mol. The Hall–Kier alpha value is -3.36. The smallest absolute Gasteiger partial charge is 0.264 e. The van der Waals surface area contributed by atoms with Gasteiger partial charge in [0.05, 0.1) is 10.6 Å². The van der Waals surface area contributed by atoms with Crippen LogP contribution in [0.4, 0.5) is 5.69 Å². The van der Waals surface area contributed by atoms with Gasteiger partial charge in [0, 0.05) is 17.6 Å². The summed E-state index contributed by atoms with van der Waals surface area (Å²) in [6.45, 7) is 5.08. The molecule has 3 aromatic rings. The molecule has 7 nitrogen and oxygen atoms in total. The zero-order valence-corrected chi connectivity index (χ0v) is 22.7. The van der Waals surface area contributed by atoms with Crippen LogP contribution in [0.15, 0.2) is 89.8 Å². The Bertz CT molecular complexity index is 1300. The fourth-order valence-corrected chi connectivity index (χ4v) is 5.37. The van der Waals surface area contributed by atoms with Crippen molar-refractivity contribution in [2.45, 2.75) is 50.7 Å². The Morgan fingerprint density at radius 2 is 1.54 bits per heavy atom. The Morgan fingerprint density at radius 1 is 0.919 bits per heavy atom. The Balaban J connectivity index is 1.99. The van der Waals surface area contributed by atoms with Crippen LogP contribution in [0.1, 0.15) is 32.8 Å². The molecule has 0 aromatic heterocycles. The third-order valence-electron chi connectivity index (χ3n) is 6.06. The van der Waals surface area contributed by atoms with Crippen molar-refractivity contribution in [3.8, 4) is 0 Å². The minimum absolute atomic E-state index is 0.0654. The van der Waals surface area contributed by atoms with Crippen LogP contribution in [0.5, 0.6) is 0 Å². The first-order chi connectivity index (χ1) is 17.6. The Kier molecular flexibility index (Phi) is 9.72. The molecule has 0 aliphatic carbocycles. The molecule has 2 amide bonds. The molecule has 0 bridgehead atoms. The number of para-hydroxylation sites is 1. The van der Waals surface area contributed by atoms with Gasteiger partial charge < -0.3 is 10.2 Å². The van der Waals surface area contributed by atoms with Crippen molar-refractivity contribution in [1.82, 2.24) is 10.2 Å². The number of amides is 2. The number of nitrogens with zero attached hydrogens (tertiary/aromatic N) is 2. The zero-order chi connectivity index (χ0) is 27.0. The number of hydrogen-bond acceptors (Lipinski definition) is 4. The summed E-state index contributed by atoms with van der Waals surface area (Å²) in [6, 6.07) is 22.5. The molecular formula is C28H32ClN3O4S. The molecule has 0 saturated heterocycles. The van der Waals surface area contributed by atoms with E-state index in [1.54, 1.807) is 79.7 Å². The van der Waals surface area contributed by atoms with Gasteiger partial charge in [0.15, 0.2) is 0 Å². The Labute approximate surface area is 224 Å². The van der Waals surface area contributed by atoms with E-state index in [1.807, 2.05) is 13.8 Å². The molecule has 0 aliphatic rings. The van der Waals surface area contributed by atoms with Crippen LogP contribution >= 0.6 is 11.6 Å². The molecule has 3 rings (SSSR count). The fourth-order valence-electron chi connectivity index (χ4n) is 3.72. The van der Waals surface area contributed by atoms with Crippen molar-refractivity contribution in [3.63, 3.8) is 0 Å². The number of carbonyl (C=O) groups is 2. The molecule has 0 saturated carbocycles. The molecule has 1 N–H and O–H groups in total. The van der Waals surface area contributed by atoms with Crippen LogP contribution in [0.2, 0.25) is 5.02 Å². The maximum atomic E-state index is 13.8. The summed E-state index contributed by atoms with van der Waals surface area (Å²) in [5.74, 6) is -0.836. The van der Waals surface area contributed by atoms with Crippen LogP contribution in [0.25, 0.3) is 0 Å². The third-order valence-corrected chi connectivity index (χ3v) is 8.09. The second-order valence-electron chi connectivity index (χ2n) is 8.81. The number of rotatable bonds is 11. The van der Waals surface area contributed by atoms with Crippen molar-refractivity contribution in [1.29, 1.82) is 0 Å². The molecule has 0 heterocycles. The van der Waals surface area contributed by atoms with Crippen molar-refractivity contribution in [2.24, 2.45) is 0 Å². The number of carbonyl (C=O) groups excluding carboxylic acids is 2. The lowest BCUT2D eigenvalue weighted by atomic mass is 10.1. The lowest BCUT2D eigenvalue weighted by Gasteiger charge is -2.32. The summed E-state index contributed by atoms with van der Waals surface area (Å²) < 4.78 is 28.4. The number of sulfonamides is 1. The summed E-state index contributed by atoms with van der Waals surface area (Å²) in [4.78, 5) is 28.3. The highest BCUT2D eigenvalue weighted by Gasteiger charge is 2.32. The molecule has 3 aromatic carbocycles. The maximum absolute atomic E-state index is 13.8. The van der Waals surface area contributed by atoms with Gasteiger partial charge in [-0.1, -0.05) is 67.1 Å². The molecule has 9 heteroatoms. The first-order valence-corrected chi connectivity index (χ1v) is 13.9. The lowest BCUT2D eigenvalue weighted by molar-refractivity contribution is -0.139. The van der Waals surface area contributed by atoms with Gasteiger partial charge in [0.2, 0.25) is 11.8 Å². The fraction of sp³-hybridized carbons (Fsp3) is 0.286. The lowest BCUT2D eigenvalue weighted by Crippen LogP contribution is -2.52. The second kappa shape index (κ2) is 12.7. The monoisotopic (exact) mass is 541 g/mol.